The summed E-state index contributed by atoms with van der Waals surface area (Å²) in [5.74, 6) is 0. The molecule has 0 spiro atoms. The Balaban J connectivity index is 1.08. The first-order valence-corrected chi connectivity index (χ1v) is 19.6. The first-order valence-electron chi connectivity index (χ1n) is 18.8. The van der Waals surface area contributed by atoms with Crippen molar-refractivity contribution in [3.8, 4) is 39.1 Å². The smallest absolute Gasteiger partial charge is 0.0547 e. The highest BCUT2D eigenvalue weighted by Crippen LogP contribution is 2.42. The topological polar surface area (TPSA) is 17.0 Å². The maximum Gasteiger partial charge on any atom is 0.0547 e. The summed E-state index contributed by atoms with van der Waals surface area (Å²) in [5, 5.41) is 11.3. The first-order chi connectivity index (χ1) is 27.3. The van der Waals surface area contributed by atoms with Crippen LogP contribution < -0.4 is 5.32 Å². The zero-order valence-corrected chi connectivity index (χ0v) is 30.7. The number of aromatic nitrogens is 1. The maximum atomic E-state index is 3.67. The Kier molecular flexibility index (Phi) is 7.39. The molecule has 0 unspecified atom stereocenters. The monoisotopic (exact) mass is 718 g/mol. The number of nitrogens with one attached hydrogen (secondary N) is 1. The van der Waals surface area contributed by atoms with E-state index in [9.17, 15) is 0 Å². The van der Waals surface area contributed by atoms with E-state index in [0.717, 1.165) is 16.9 Å². The number of hydrogen-bond acceptors (Lipinski definition) is 2. The first kappa shape index (κ1) is 31.6. The van der Waals surface area contributed by atoms with Crippen LogP contribution in [-0.4, -0.2) is 4.57 Å². The van der Waals surface area contributed by atoms with Gasteiger partial charge in [0.15, 0.2) is 0 Å². The van der Waals surface area contributed by atoms with Gasteiger partial charge in [-0.2, -0.15) is 0 Å². The van der Waals surface area contributed by atoms with Crippen molar-refractivity contribution < 1.29 is 0 Å². The summed E-state index contributed by atoms with van der Waals surface area (Å²) in [7, 11) is 0. The highest BCUT2D eigenvalue weighted by molar-refractivity contribution is 7.25. The number of para-hydroxylation sites is 2. The summed E-state index contributed by atoms with van der Waals surface area (Å²) in [5.41, 5.74) is 12.9. The minimum absolute atomic E-state index is 1.07. The minimum atomic E-state index is 1.07. The Labute approximate surface area is 323 Å². The van der Waals surface area contributed by atoms with Crippen molar-refractivity contribution in [3.63, 3.8) is 0 Å². The molecule has 1 N–H and O–H groups in total. The van der Waals surface area contributed by atoms with Crippen LogP contribution in [-0.2, 0) is 0 Å². The molecule has 0 saturated carbocycles. The van der Waals surface area contributed by atoms with Gasteiger partial charge in [0, 0.05) is 53.3 Å². The Hall–Kier alpha value is -6.94. The summed E-state index contributed by atoms with van der Waals surface area (Å²) in [6.07, 6.45) is 0. The Morgan fingerprint density at radius 2 is 0.964 bits per heavy atom. The number of hydrogen-bond donors (Lipinski definition) is 1. The van der Waals surface area contributed by atoms with Crippen LogP contribution in [0.4, 0.5) is 11.4 Å². The van der Waals surface area contributed by atoms with Gasteiger partial charge in [-0.05, 0) is 87.8 Å². The number of thiophene rings is 1. The lowest BCUT2D eigenvalue weighted by molar-refractivity contribution is 1.20. The third kappa shape index (κ3) is 5.32. The van der Waals surface area contributed by atoms with Gasteiger partial charge in [0.2, 0.25) is 0 Å². The predicted molar refractivity (Wildman–Crippen MR) is 237 cm³/mol. The second-order valence-electron chi connectivity index (χ2n) is 14.2. The molecule has 0 radical (unpaired) electrons. The molecule has 0 aliphatic heterocycles. The van der Waals surface area contributed by atoms with Crippen molar-refractivity contribution >= 4 is 75.5 Å². The van der Waals surface area contributed by atoms with Gasteiger partial charge in [-0.25, -0.2) is 0 Å². The van der Waals surface area contributed by atoms with Crippen LogP contribution in [0.25, 0.3) is 91.8 Å². The summed E-state index contributed by atoms with van der Waals surface area (Å²) in [6, 6.07) is 72.8. The number of benzene rings is 9. The van der Waals surface area contributed by atoms with Crippen molar-refractivity contribution in [1.82, 2.24) is 4.57 Å². The molecular formula is C52H34N2S. The molecule has 0 aliphatic carbocycles. The highest BCUT2D eigenvalue weighted by atomic mass is 32.1. The van der Waals surface area contributed by atoms with E-state index < -0.39 is 0 Å². The molecule has 11 rings (SSSR count). The molecule has 0 saturated heterocycles. The molecule has 2 aromatic heterocycles. The highest BCUT2D eigenvalue weighted by Gasteiger charge is 2.18. The third-order valence-corrected chi connectivity index (χ3v) is 12.1. The van der Waals surface area contributed by atoms with E-state index in [2.05, 4.69) is 204 Å². The van der Waals surface area contributed by atoms with Gasteiger partial charge in [0.05, 0.1) is 16.7 Å². The van der Waals surface area contributed by atoms with Crippen molar-refractivity contribution in [3.05, 3.63) is 200 Å². The van der Waals surface area contributed by atoms with Gasteiger partial charge in [-0.3, -0.25) is 0 Å². The Morgan fingerprint density at radius 1 is 0.345 bits per heavy atom. The molecule has 0 amide bonds. The molecule has 9 aromatic carbocycles. The lowest BCUT2D eigenvalue weighted by atomic mass is 9.96. The molecule has 3 heteroatoms. The second-order valence-corrected chi connectivity index (χ2v) is 15.3. The van der Waals surface area contributed by atoms with Gasteiger partial charge < -0.3 is 9.88 Å². The van der Waals surface area contributed by atoms with Gasteiger partial charge >= 0.3 is 0 Å². The number of nitrogens with zero attached hydrogens (tertiary/aromatic N) is 1. The fraction of sp³-hybridized carbons (Fsp3) is 0. The lowest BCUT2D eigenvalue weighted by Gasteiger charge is -2.16. The van der Waals surface area contributed by atoms with E-state index in [0.29, 0.717) is 0 Å². The number of anilines is 2. The summed E-state index contributed by atoms with van der Waals surface area (Å²) in [6.45, 7) is 0. The SMILES string of the molecule is c1ccc(Nc2ccc(-c3ccc4c5ccccc5n(-c5ccc(-c6ccc7c(c6)sc6ccccc67)c6ccccc56)c4c3)cc2-c2ccccc2)cc1. The van der Waals surface area contributed by atoms with E-state index in [1.807, 2.05) is 17.4 Å². The van der Waals surface area contributed by atoms with Crippen molar-refractivity contribution in [1.29, 1.82) is 0 Å². The predicted octanol–water partition coefficient (Wildman–Crippen LogP) is 15.0. The normalized spacial score (nSPS) is 11.6. The molecule has 2 heterocycles. The molecule has 0 aliphatic rings. The van der Waals surface area contributed by atoms with Crippen LogP contribution in [0.2, 0.25) is 0 Å². The van der Waals surface area contributed by atoms with Crippen LogP contribution in [0.15, 0.2) is 200 Å². The average molecular weight is 719 g/mol. The average Bonchev–Trinajstić information content (AvgIpc) is 3.79. The van der Waals surface area contributed by atoms with Crippen LogP contribution >= 0.6 is 11.3 Å². The van der Waals surface area contributed by atoms with E-state index >= 15 is 0 Å². The van der Waals surface area contributed by atoms with Crippen LogP contribution in [0.1, 0.15) is 0 Å². The molecule has 55 heavy (non-hydrogen) atoms. The van der Waals surface area contributed by atoms with Gasteiger partial charge in [-0.1, -0.05) is 146 Å². The van der Waals surface area contributed by atoms with Gasteiger partial charge in [0.1, 0.15) is 0 Å². The lowest BCUT2D eigenvalue weighted by Crippen LogP contribution is -1.97. The molecule has 0 fully saturated rings. The molecule has 258 valence electrons. The maximum absolute atomic E-state index is 3.67. The quantitative estimate of drug-likeness (QED) is 0.181. The molecule has 2 nitrogen and oxygen atoms in total. The van der Waals surface area contributed by atoms with Gasteiger partial charge in [0.25, 0.3) is 0 Å². The molecular weight excluding hydrogens is 685 g/mol. The zero-order chi connectivity index (χ0) is 36.3. The summed E-state index contributed by atoms with van der Waals surface area (Å²) >= 11 is 1.87. The van der Waals surface area contributed by atoms with Crippen LogP contribution in [0.5, 0.6) is 0 Å². The zero-order valence-electron chi connectivity index (χ0n) is 29.9. The largest absolute Gasteiger partial charge is 0.355 e. The number of rotatable bonds is 6. The van der Waals surface area contributed by atoms with Crippen LogP contribution in [0.3, 0.4) is 0 Å². The molecule has 0 atom stereocenters. The minimum Gasteiger partial charge on any atom is -0.355 e. The number of fused-ring (bicyclic) bond motifs is 7. The van der Waals surface area contributed by atoms with E-state index in [1.54, 1.807) is 0 Å². The van der Waals surface area contributed by atoms with E-state index in [-0.39, 0.29) is 0 Å². The standard InChI is InChI=1S/C52H34N2S/c1-3-13-34(14-4-1)46-31-35(25-29-47(46)53-38-15-5-2-6-16-38)36-23-26-43-42-19-9-11-21-48(42)54(50(43)32-36)49-30-28-39(40-17-7-8-18-41(40)49)37-24-27-45-44-20-10-12-22-51(44)55-52(45)33-37/h1-33,53H. The Morgan fingerprint density at radius 3 is 1.82 bits per heavy atom. The van der Waals surface area contributed by atoms with E-state index in [4.69, 9.17) is 0 Å². The fourth-order valence-electron chi connectivity index (χ4n) is 8.40. The summed E-state index contributed by atoms with van der Waals surface area (Å²) in [4.78, 5) is 0. The van der Waals surface area contributed by atoms with Gasteiger partial charge in [-0.15, -0.1) is 11.3 Å². The van der Waals surface area contributed by atoms with Crippen LogP contribution in [0, 0.1) is 0 Å². The second kappa shape index (κ2) is 12.9. The van der Waals surface area contributed by atoms with Crippen molar-refractivity contribution in [2.24, 2.45) is 0 Å². The van der Waals surface area contributed by atoms with Crippen molar-refractivity contribution in [2.75, 3.05) is 5.32 Å². The molecule has 0 bridgehead atoms. The summed E-state index contributed by atoms with van der Waals surface area (Å²) < 4.78 is 5.12. The Bertz CT molecular complexity index is 3230. The fourth-order valence-corrected chi connectivity index (χ4v) is 9.54. The van der Waals surface area contributed by atoms with Crippen molar-refractivity contribution in [2.45, 2.75) is 0 Å². The third-order valence-electron chi connectivity index (χ3n) is 11.0. The van der Waals surface area contributed by atoms with E-state index in [1.165, 1.54) is 86.3 Å². The molecule has 11 aromatic rings.